The van der Waals surface area contributed by atoms with Crippen LogP contribution >= 0.6 is 0 Å². The molecule has 0 fully saturated rings. The van der Waals surface area contributed by atoms with E-state index in [0.717, 1.165) is 17.7 Å². The first-order valence-corrected chi connectivity index (χ1v) is 7.40. The number of aliphatic hydroxyl groups is 1. The van der Waals surface area contributed by atoms with Crippen LogP contribution in [0, 0.1) is 12.7 Å². The van der Waals surface area contributed by atoms with E-state index < -0.39 is 20.7 Å². The SMILES string of the molecule is Cc1ccccc1NS(=O)(=O)c1cc(CO)ccc1F. The molecule has 0 heterocycles. The Balaban J connectivity index is 2.43. The largest absolute Gasteiger partial charge is 0.392 e. The van der Waals surface area contributed by atoms with Gasteiger partial charge in [-0.1, -0.05) is 24.3 Å². The van der Waals surface area contributed by atoms with Crippen molar-refractivity contribution in [2.24, 2.45) is 0 Å². The molecule has 0 aliphatic carbocycles. The van der Waals surface area contributed by atoms with Crippen molar-refractivity contribution in [3.63, 3.8) is 0 Å². The lowest BCUT2D eigenvalue weighted by molar-refractivity contribution is 0.281. The van der Waals surface area contributed by atoms with E-state index in [1.54, 1.807) is 31.2 Å². The summed E-state index contributed by atoms with van der Waals surface area (Å²) in [5.74, 6) is -0.858. The molecule has 0 aliphatic rings. The molecule has 0 bridgehead atoms. The van der Waals surface area contributed by atoms with E-state index in [4.69, 9.17) is 5.11 Å². The van der Waals surface area contributed by atoms with Crippen LogP contribution in [-0.4, -0.2) is 13.5 Å². The number of sulfonamides is 1. The summed E-state index contributed by atoms with van der Waals surface area (Å²) in [6.45, 7) is 1.39. The van der Waals surface area contributed by atoms with Gasteiger partial charge in [-0.15, -0.1) is 0 Å². The third kappa shape index (κ3) is 2.97. The van der Waals surface area contributed by atoms with Gasteiger partial charge in [0.25, 0.3) is 10.0 Å². The lowest BCUT2D eigenvalue weighted by atomic mass is 10.2. The molecule has 0 aliphatic heterocycles. The summed E-state index contributed by atoms with van der Waals surface area (Å²) in [6, 6.07) is 10.3. The Morgan fingerprint density at radius 2 is 1.90 bits per heavy atom. The van der Waals surface area contributed by atoms with Crippen molar-refractivity contribution in [3.8, 4) is 0 Å². The van der Waals surface area contributed by atoms with Crippen molar-refractivity contribution in [2.45, 2.75) is 18.4 Å². The molecule has 0 aromatic heterocycles. The molecular weight excluding hydrogens is 281 g/mol. The van der Waals surface area contributed by atoms with Crippen LogP contribution in [0.5, 0.6) is 0 Å². The third-order valence-electron chi connectivity index (χ3n) is 2.86. The maximum Gasteiger partial charge on any atom is 0.264 e. The number of nitrogens with one attached hydrogen (secondary N) is 1. The number of aryl methyl sites for hydroxylation is 1. The molecule has 0 spiro atoms. The molecule has 0 unspecified atom stereocenters. The molecule has 6 heteroatoms. The normalized spacial score (nSPS) is 11.3. The predicted octanol–water partition coefficient (Wildman–Crippen LogP) is 2.43. The highest BCUT2D eigenvalue weighted by Crippen LogP contribution is 2.22. The highest BCUT2D eigenvalue weighted by atomic mass is 32.2. The first kappa shape index (κ1) is 14.5. The van der Waals surface area contributed by atoms with Gasteiger partial charge in [0.15, 0.2) is 0 Å². The van der Waals surface area contributed by atoms with Crippen molar-refractivity contribution >= 4 is 15.7 Å². The number of hydrogen-bond donors (Lipinski definition) is 2. The second-order valence-electron chi connectivity index (χ2n) is 4.34. The number of para-hydroxylation sites is 1. The Morgan fingerprint density at radius 1 is 1.20 bits per heavy atom. The zero-order chi connectivity index (χ0) is 14.8. The van der Waals surface area contributed by atoms with Crippen LogP contribution in [0.25, 0.3) is 0 Å². The number of anilines is 1. The number of halogens is 1. The van der Waals surface area contributed by atoms with Gasteiger partial charge >= 0.3 is 0 Å². The van der Waals surface area contributed by atoms with Gasteiger partial charge in [-0.25, -0.2) is 12.8 Å². The predicted molar refractivity (Wildman–Crippen MR) is 74.3 cm³/mol. The molecule has 106 valence electrons. The maximum atomic E-state index is 13.7. The Morgan fingerprint density at radius 3 is 2.55 bits per heavy atom. The van der Waals surface area contributed by atoms with E-state index in [2.05, 4.69) is 4.72 Å². The fourth-order valence-corrected chi connectivity index (χ4v) is 3.00. The van der Waals surface area contributed by atoms with Crippen LogP contribution in [0.15, 0.2) is 47.4 Å². The molecule has 0 radical (unpaired) electrons. The molecule has 2 N–H and O–H groups in total. The highest BCUT2D eigenvalue weighted by Gasteiger charge is 2.20. The minimum Gasteiger partial charge on any atom is -0.392 e. The van der Waals surface area contributed by atoms with Gasteiger partial charge in [-0.2, -0.15) is 0 Å². The lowest BCUT2D eigenvalue weighted by Crippen LogP contribution is -2.15. The van der Waals surface area contributed by atoms with Crippen LogP contribution in [0.1, 0.15) is 11.1 Å². The van der Waals surface area contributed by atoms with E-state index >= 15 is 0 Å². The van der Waals surface area contributed by atoms with Crippen molar-refractivity contribution in [1.29, 1.82) is 0 Å². The van der Waals surface area contributed by atoms with Crippen LogP contribution in [0.4, 0.5) is 10.1 Å². The number of benzene rings is 2. The van der Waals surface area contributed by atoms with Crippen molar-refractivity contribution in [2.75, 3.05) is 4.72 Å². The molecule has 0 atom stereocenters. The highest BCUT2D eigenvalue weighted by molar-refractivity contribution is 7.92. The number of rotatable bonds is 4. The standard InChI is InChI=1S/C14H14FNO3S/c1-10-4-2-3-5-13(10)16-20(18,19)14-8-11(9-17)6-7-12(14)15/h2-8,16-17H,9H2,1H3. The second-order valence-corrected chi connectivity index (χ2v) is 5.99. The maximum absolute atomic E-state index is 13.7. The summed E-state index contributed by atoms with van der Waals surface area (Å²) in [6.07, 6.45) is 0. The van der Waals surface area contributed by atoms with Crippen molar-refractivity contribution < 1.29 is 17.9 Å². The van der Waals surface area contributed by atoms with E-state index in [9.17, 15) is 12.8 Å². The summed E-state index contributed by atoms with van der Waals surface area (Å²) < 4.78 is 40.5. The lowest BCUT2D eigenvalue weighted by Gasteiger charge is -2.11. The Bertz CT molecular complexity index is 729. The molecule has 0 saturated heterocycles. The van der Waals surface area contributed by atoms with Crippen LogP contribution in [-0.2, 0) is 16.6 Å². The van der Waals surface area contributed by atoms with Gasteiger partial charge in [0, 0.05) is 0 Å². The zero-order valence-corrected chi connectivity index (χ0v) is 11.6. The van der Waals surface area contributed by atoms with Gasteiger partial charge in [0.2, 0.25) is 0 Å². The Kier molecular flexibility index (Phi) is 4.06. The number of aliphatic hydroxyl groups excluding tert-OH is 1. The van der Waals surface area contributed by atoms with Crippen LogP contribution in [0.3, 0.4) is 0 Å². The molecule has 2 aromatic rings. The molecule has 2 aromatic carbocycles. The van der Waals surface area contributed by atoms with Gasteiger partial charge in [-0.3, -0.25) is 4.72 Å². The van der Waals surface area contributed by atoms with E-state index in [1.807, 2.05) is 0 Å². The Labute approximate surface area is 116 Å². The van der Waals surface area contributed by atoms with Gasteiger partial charge < -0.3 is 5.11 Å². The molecule has 20 heavy (non-hydrogen) atoms. The molecular formula is C14H14FNO3S. The summed E-state index contributed by atoms with van der Waals surface area (Å²) in [7, 11) is -4.04. The van der Waals surface area contributed by atoms with E-state index in [-0.39, 0.29) is 6.61 Å². The third-order valence-corrected chi connectivity index (χ3v) is 4.24. The number of hydrogen-bond acceptors (Lipinski definition) is 3. The smallest absolute Gasteiger partial charge is 0.264 e. The van der Waals surface area contributed by atoms with E-state index in [1.165, 1.54) is 6.07 Å². The zero-order valence-electron chi connectivity index (χ0n) is 10.8. The topological polar surface area (TPSA) is 66.4 Å². The first-order chi connectivity index (χ1) is 9.44. The molecule has 2 rings (SSSR count). The first-order valence-electron chi connectivity index (χ1n) is 5.92. The van der Waals surface area contributed by atoms with Gasteiger partial charge in [0.05, 0.1) is 12.3 Å². The average Bonchev–Trinajstić information content (AvgIpc) is 2.41. The quantitative estimate of drug-likeness (QED) is 0.910. The summed E-state index contributed by atoms with van der Waals surface area (Å²) in [5.41, 5.74) is 1.45. The van der Waals surface area contributed by atoms with Gasteiger partial charge in [-0.05, 0) is 36.2 Å². The summed E-state index contributed by atoms with van der Waals surface area (Å²) in [4.78, 5) is -0.479. The second kappa shape index (κ2) is 5.60. The van der Waals surface area contributed by atoms with E-state index in [0.29, 0.717) is 11.3 Å². The average molecular weight is 295 g/mol. The minimum atomic E-state index is -4.04. The fraction of sp³-hybridized carbons (Fsp3) is 0.143. The molecule has 0 amide bonds. The monoisotopic (exact) mass is 295 g/mol. The minimum absolute atomic E-state index is 0.330. The van der Waals surface area contributed by atoms with Crippen LogP contribution < -0.4 is 4.72 Å². The Hall–Kier alpha value is -1.92. The van der Waals surface area contributed by atoms with Crippen molar-refractivity contribution in [3.05, 3.63) is 59.4 Å². The summed E-state index contributed by atoms with van der Waals surface area (Å²) in [5, 5.41) is 9.01. The fourth-order valence-electron chi connectivity index (χ4n) is 1.74. The summed E-state index contributed by atoms with van der Waals surface area (Å²) >= 11 is 0. The molecule has 4 nitrogen and oxygen atoms in total. The van der Waals surface area contributed by atoms with Gasteiger partial charge in [0.1, 0.15) is 10.7 Å². The van der Waals surface area contributed by atoms with Crippen LogP contribution in [0.2, 0.25) is 0 Å². The van der Waals surface area contributed by atoms with Crippen molar-refractivity contribution in [1.82, 2.24) is 0 Å². The molecule has 0 saturated carbocycles.